The second-order valence-corrected chi connectivity index (χ2v) is 13.6. The van der Waals surface area contributed by atoms with Crippen molar-refractivity contribution in [2.45, 2.75) is 102 Å². The van der Waals surface area contributed by atoms with Crippen LogP contribution in [0.2, 0.25) is 0 Å². The number of amides is 6. The van der Waals surface area contributed by atoms with E-state index < -0.39 is 66.0 Å². The van der Waals surface area contributed by atoms with Gasteiger partial charge in [0.15, 0.2) is 0 Å². The number of primary amides is 1. The molecule has 2 fully saturated rings. The van der Waals surface area contributed by atoms with Crippen molar-refractivity contribution >= 4 is 41.2 Å². The molecule has 0 aromatic heterocycles. The molecule has 0 radical (unpaired) electrons. The molecule has 2 aliphatic carbocycles. The van der Waals surface area contributed by atoms with Crippen molar-refractivity contribution in [3.63, 3.8) is 0 Å². The van der Waals surface area contributed by atoms with Gasteiger partial charge >= 0.3 is 0 Å². The molecule has 4 rings (SSSR count). The summed E-state index contributed by atoms with van der Waals surface area (Å²) in [5, 5.41) is 13.2. The lowest BCUT2D eigenvalue weighted by Crippen LogP contribution is -2.58. The number of hydrogen-bond donors (Lipinski definition) is 6. The zero-order valence-electron chi connectivity index (χ0n) is 29.2. The van der Waals surface area contributed by atoms with Crippen LogP contribution in [-0.4, -0.2) is 65.9 Å². The van der Waals surface area contributed by atoms with E-state index in [0.29, 0.717) is 18.4 Å². The molecule has 13 heteroatoms. The van der Waals surface area contributed by atoms with Gasteiger partial charge in [-0.25, -0.2) is 0 Å². The average molecular weight is 703 g/mol. The van der Waals surface area contributed by atoms with Crippen LogP contribution in [0.5, 0.6) is 0 Å². The van der Waals surface area contributed by atoms with Crippen molar-refractivity contribution in [3.05, 3.63) is 71.8 Å². The number of rotatable bonds is 19. The lowest BCUT2D eigenvalue weighted by Gasteiger charge is -2.31. The minimum Gasteiger partial charge on any atom is -0.368 e. The predicted octanol–water partition coefficient (Wildman–Crippen LogP) is 1.89. The molecule has 2 saturated carbocycles. The molecule has 51 heavy (non-hydrogen) atoms. The fourth-order valence-electron chi connectivity index (χ4n) is 6.46. The molecule has 1 unspecified atom stereocenters. The largest absolute Gasteiger partial charge is 0.368 e. The van der Waals surface area contributed by atoms with Gasteiger partial charge in [0.25, 0.3) is 5.91 Å². The second-order valence-electron chi connectivity index (χ2n) is 13.6. The number of nitrogens with one attached hydrogen (secondary N) is 5. The van der Waals surface area contributed by atoms with Crippen LogP contribution in [0.3, 0.4) is 0 Å². The minimum absolute atomic E-state index is 0.0793. The molecule has 0 bridgehead atoms. The van der Waals surface area contributed by atoms with Crippen molar-refractivity contribution in [1.29, 1.82) is 0 Å². The summed E-state index contributed by atoms with van der Waals surface area (Å²) in [6.07, 6.45) is 7.38. The van der Waals surface area contributed by atoms with E-state index in [1.165, 1.54) is 0 Å². The third-order valence-electron chi connectivity index (χ3n) is 9.39. The van der Waals surface area contributed by atoms with E-state index in [2.05, 4.69) is 26.6 Å². The summed E-state index contributed by atoms with van der Waals surface area (Å²) >= 11 is 0. The van der Waals surface area contributed by atoms with Gasteiger partial charge in [0, 0.05) is 0 Å². The lowest BCUT2D eigenvalue weighted by atomic mass is 9.83. The number of Topliss-reactive ketones (excluding diaryl/α,β-unsaturated/α-hetero) is 1. The Bertz CT molecular complexity index is 1530. The summed E-state index contributed by atoms with van der Waals surface area (Å²) in [6.45, 7) is 1.19. The Morgan fingerprint density at radius 1 is 0.725 bits per heavy atom. The predicted molar refractivity (Wildman–Crippen MR) is 189 cm³/mol. The third-order valence-corrected chi connectivity index (χ3v) is 9.39. The zero-order chi connectivity index (χ0) is 36.8. The fraction of sp³-hybridized carbons (Fsp3) is 0.500. The number of carbonyl (C=O) groups excluding carboxylic acids is 7. The van der Waals surface area contributed by atoms with E-state index in [0.717, 1.165) is 50.5 Å². The first-order valence-corrected chi connectivity index (χ1v) is 17.9. The molecule has 4 atom stereocenters. The Labute approximate surface area is 298 Å². The third kappa shape index (κ3) is 12.3. The van der Waals surface area contributed by atoms with Crippen LogP contribution >= 0.6 is 0 Å². The Morgan fingerprint density at radius 3 is 1.96 bits per heavy atom. The van der Waals surface area contributed by atoms with Crippen LogP contribution in [0.25, 0.3) is 0 Å². The van der Waals surface area contributed by atoms with E-state index in [1.807, 2.05) is 30.3 Å². The zero-order valence-corrected chi connectivity index (χ0v) is 29.2. The van der Waals surface area contributed by atoms with Crippen molar-refractivity contribution in [3.8, 4) is 0 Å². The highest BCUT2D eigenvalue weighted by molar-refractivity contribution is 6.38. The monoisotopic (exact) mass is 702 g/mol. The molecule has 0 spiro atoms. The van der Waals surface area contributed by atoms with Gasteiger partial charge in [0.1, 0.15) is 18.1 Å². The highest BCUT2D eigenvalue weighted by Crippen LogP contribution is 2.34. The molecule has 6 amide bonds. The first-order chi connectivity index (χ1) is 24.5. The van der Waals surface area contributed by atoms with Gasteiger partial charge in [-0.05, 0) is 48.6 Å². The summed E-state index contributed by atoms with van der Waals surface area (Å²) in [7, 11) is 0. The molecule has 0 aliphatic heterocycles. The van der Waals surface area contributed by atoms with Crippen LogP contribution < -0.4 is 32.3 Å². The molecule has 2 aliphatic rings. The number of carbonyl (C=O) groups is 7. The summed E-state index contributed by atoms with van der Waals surface area (Å²) in [4.78, 5) is 91.3. The summed E-state index contributed by atoms with van der Waals surface area (Å²) in [6, 6.07) is 13.5. The highest BCUT2D eigenvalue weighted by Gasteiger charge is 2.37. The minimum atomic E-state index is -1.20. The Hall–Kier alpha value is -5.07. The highest BCUT2D eigenvalue weighted by atomic mass is 16.2. The number of ketones is 1. The average Bonchev–Trinajstić information content (AvgIpc) is 3.96. The second kappa shape index (κ2) is 19.4. The molecule has 274 valence electrons. The maximum Gasteiger partial charge on any atom is 0.290 e. The van der Waals surface area contributed by atoms with E-state index in [4.69, 9.17) is 5.73 Å². The SMILES string of the molecule is CCCC(NC(=O)[C@H](CC1CC1)NC(=O)[C@@H](NC(=O)Cc1ccccc1)C1CCCCC1)C(=O)C(=O)NCC(=O)N[C@H](C(N)=O)c1ccccc1. The van der Waals surface area contributed by atoms with E-state index in [9.17, 15) is 33.6 Å². The Kier molecular flexibility index (Phi) is 14.7. The van der Waals surface area contributed by atoms with Gasteiger partial charge in [0.05, 0.1) is 19.0 Å². The van der Waals surface area contributed by atoms with Crippen molar-refractivity contribution in [2.24, 2.45) is 17.6 Å². The van der Waals surface area contributed by atoms with Gasteiger partial charge in [0.2, 0.25) is 35.3 Å². The fourth-order valence-corrected chi connectivity index (χ4v) is 6.46. The maximum atomic E-state index is 13.9. The molecular weight excluding hydrogens is 652 g/mol. The van der Waals surface area contributed by atoms with Crippen LogP contribution in [-0.2, 0) is 40.0 Å². The number of nitrogens with two attached hydrogens (primary N) is 1. The van der Waals surface area contributed by atoms with Gasteiger partial charge in [-0.15, -0.1) is 0 Å². The normalized spacial score (nSPS) is 16.7. The Balaban J connectivity index is 1.38. The standard InChI is InChI=1S/C38H50N6O7/c1-2-12-28(34(47)38(51)40-23-31(46)44-32(35(39)48)26-15-8-4-9-16-26)41-36(49)29(21-25-19-20-25)42-37(50)33(27-17-10-5-11-18-27)43-30(45)22-24-13-6-3-7-14-24/h3-4,6-9,13-16,25,27-29,32-33H,2,5,10-12,17-23H2,1H3,(H2,39,48)(H,40,51)(H,41,49)(H,42,50)(H,43,45)(H,44,46)/t28?,29-,32-,33-/m0/s1. The molecule has 0 saturated heterocycles. The van der Waals surface area contributed by atoms with Gasteiger partial charge < -0.3 is 32.3 Å². The van der Waals surface area contributed by atoms with Gasteiger partial charge in [-0.3, -0.25) is 33.6 Å². The van der Waals surface area contributed by atoms with Crippen LogP contribution in [0.4, 0.5) is 0 Å². The lowest BCUT2D eigenvalue weighted by molar-refractivity contribution is -0.141. The van der Waals surface area contributed by atoms with Crippen molar-refractivity contribution in [1.82, 2.24) is 26.6 Å². The molecular formula is C38H50N6O7. The van der Waals surface area contributed by atoms with Crippen molar-refractivity contribution in [2.75, 3.05) is 6.54 Å². The maximum absolute atomic E-state index is 13.9. The molecule has 2 aromatic carbocycles. The van der Waals surface area contributed by atoms with Crippen molar-refractivity contribution < 1.29 is 33.6 Å². The molecule has 13 nitrogen and oxygen atoms in total. The molecule has 7 N–H and O–H groups in total. The first-order valence-electron chi connectivity index (χ1n) is 17.9. The number of hydrogen-bond acceptors (Lipinski definition) is 7. The smallest absolute Gasteiger partial charge is 0.290 e. The van der Waals surface area contributed by atoms with E-state index >= 15 is 0 Å². The molecule has 0 heterocycles. The topological polar surface area (TPSA) is 206 Å². The molecule has 2 aromatic rings. The van der Waals surface area contributed by atoms with Crippen LogP contribution in [0.15, 0.2) is 60.7 Å². The summed E-state index contributed by atoms with van der Waals surface area (Å²) < 4.78 is 0. The summed E-state index contributed by atoms with van der Waals surface area (Å²) in [5.74, 6) is -4.75. The van der Waals surface area contributed by atoms with Crippen LogP contribution in [0.1, 0.15) is 88.3 Å². The number of benzene rings is 2. The van der Waals surface area contributed by atoms with Crippen LogP contribution in [0, 0.1) is 11.8 Å². The van der Waals surface area contributed by atoms with Gasteiger partial charge in [-0.2, -0.15) is 0 Å². The Morgan fingerprint density at radius 2 is 1.35 bits per heavy atom. The first kappa shape index (κ1) is 38.7. The van der Waals surface area contributed by atoms with Gasteiger partial charge in [-0.1, -0.05) is 106 Å². The quantitative estimate of drug-likeness (QED) is 0.120. The van der Waals surface area contributed by atoms with E-state index in [1.54, 1.807) is 37.3 Å². The summed E-state index contributed by atoms with van der Waals surface area (Å²) in [5.41, 5.74) is 6.73. The van der Waals surface area contributed by atoms with E-state index in [-0.39, 0.29) is 30.6 Å².